The van der Waals surface area contributed by atoms with Crippen LogP contribution in [0.15, 0.2) is 0 Å². The maximum atomic E-state index is 13.1. The normalized spacial score (nSPS) is 16.3. The second-order valence-electron chi connectivity index (χ2n) is 13.4. The van der Waals surface area contributed by atoms with Crippen LogP contribution in [0.3, 0.4) is 0 Å². The maximum absolute atomic E-state index is 13.1. The molecule has 0 spiro atoms. The van der Waals surface area contributed by atoms with Gasteiger partial charge < -0.3 is 97.9 Å². The van der Waals surface area contributed by atoms with Crippen LogP contribution in [-0.4, -0.2) is 127 Å². The molecular weight excluding hydrogens is 1170 g/mol. The summed E-state index contributed by atoms with van der Waals surface area (Å²) in [5.74, 6) is -28.3. The first kappa shape index (κ1) is 69.1. The van der Waals surface area contributed by atoms with Crippen molar-refractivity contribution >= 4 is 78.2 Å². The van der Waals surface area contributed by atoms with E-state index in [9.17, 15) is 144 Å². The molecule has 0 fully saturated rings. The molecule has 0 radical (unpaired) electrons. The van der Waals surface area contributed by atoms with Gasteiger partial charge in [-0.2, -0.15) is 0 Å². The van der Waals surface area contributed by atoms with E-state index >= 15 is 0 Å². The summed E-state index contributed by atoms with van der Waals surface area (Å²) in [5, 5.41) is 0. The van der Waals surface area contributed by atoms with Crippen LogP contribution in [-0.2, 0) is 90.9 Å². The molecule has 0 amide bonds. The predicted molar refractivity (Wildman–Crippen MR) is 207 cm³/mol. The number of rotatable bonds is 35. The van der Waals surface area contributed by atoms with E-state index in [1.54, 1.807) is 0 Å². The zero-order chi connectivity index (χ0) is 54.3. The van der Waals surface area contributed by atoms with Gasteiger partial charge in [-0.3, -0.25) is 4.52 Å². The van der Waals surface area contributed by atoms with E-state index in [0.717, 1.165) is 19.3 Å². The molecule has 0 saturated heterocycles. The summed E-state index contributed by atoms with van der Waals surface area (Å²) in [5.41, 5.74) is -4.96. The minimum Gasteiger partial charge on any atom is -0.303 e. The standard InChI is InChI=1S/C18H48O40P10/c1-3-4-5-6-7-8-9-10-11-12-13-14(2,49-59(19,20)21)15(50-60(22,23)24,51-61(25,26)27)16(52-62(28,29)30,53-63(31,32)33)17(54-64(34,35)36,55-65(37,38)39)18(56-66(40,41)42,57-67(43,44)45)58-68(46,47)48/h3-13H2,1-2H3,(H2,19,20,21)(H2,22,23,24)(H2,25,26,27)(H2,28,29,30)(H2,31,32,33)(H2,34,35,36)(H2,37,38,39)(H2,40,41,42)(H2,43,44,45)(H2,46,47,48). The Morgan fingerprint density at radius 1 is 0.279 bits per heavy atom. The minimum atomic E-state index is -8.03. The molecule has 0 rings (SSSR count). The van der Waals surface area contributed by atoms with Gasteiger partial charge in [0.1, 0.15) is 5.60 Å². The summed E-state index contributed by atoms with van der Waals surface area (Å²) < 4.78 is 167. The summed E-state index contributed by atoms with van der Waals surface area (Å²) in [6.07, 6.45) is 0.298. The topological polar surface area (TPSA) is 668 Å². The molecule has 0 heterocycles. The summed E-state index contributed by atoms with van der Waals surface area (Å²) in [4.78, 5) is 202. The van der Waals surface area contributed by atoms with Crippen LogP contribution in [0.5, 0.6) is 0 Å². The quantitative estimate of drug-likeness (QED) is 0.0224. The molecule has 410 valence electrons. The van der Waals surface area contributed by atoms with E-state index in [-0.39, 0.29) is 12.8 Å². The maximum Gasteiger partial charge on any atom is 0.474 e. The van der Waals surface area contributed by atoms with Gasteiger partial charge in [0.25, 0.3) is 5.79 Å². The molecule has 0 aromatic heterocycles. The minimum absolute atomic E-state index is 0.132. The van der Waals surface area contributed by atoms with Gasteiger partial charge in [0.05, 0.1) is 0 Å². The van der Waals surface area contributed by atoms with Crippen molar-refractivity contribution in [3.05, 3.63) is 0 Å². The van der Waals surface area contributed by atoms with Crippen molar-refractivity contribution in [1.82, 2.24) is 0 Å². The Morgan fingerprint density at radius 2 is 0.485 bits per heavy atom. The van der Waals surface area contributed by atoms with E-state index < -0.39 is 133 Å². The van der Waals surface area contributed by atoms with Crippen LogP contribution in [0.2, 0.25) is 0 Å². The molecule has 0 aliphatic rings. The van der Waals surface area contributed by atoms with E-state index in [1.807, 2.05) is 6.92 Å². The van der Waals surface area contributed by atoms with E-state index in [4.69, 9.17) is 0 Å². The van der Waals surface area contributed by atoms with Crippen molar-refractivity contribution in [3.8, 4) is 0 Å². The molecule has 0 saturated carbocycles. The fourth-order valence-electron chi connectivity index (χ4n) is 5.79. The number of phosphoric ester groups is 10. The molecule has 1 unspecified atom stereocenters. The van der Waals surface area contributed by atoms with Crippen molar-refractivity contribution in [2.75, 3.05) is 0 Å². The molecule has 0 bridgehead atoms. The third-order valence-corrected chi connectivity index (χ3v) is 12.5. The lowest BCUT2D eigenvalue weighted by Crippen LogP contribution is -2.84. The van der Waals surface area contributed by atoms with E-state index in [0.29, 0.717) is 19.3 Å². The molecule has 0 aliphatic carbocycles. The SMILES string of the molecule is CCCCCCCCCCCCC(C)(OP(=O)(O)O)C(OP(=O)(O)O)(OP(=O)(O)O)C(OP(=O)(O)O)(OP(=O)(O)O)C(OP(=O)(O)O)(OP(=O)(O)O)C(OP(=O)(O)O)(OP(=O)(O)O)OP(=O)(O)O. The molecule has 20 N–H and O–H groups in total. The second-order valence-corrected chi connectivity index (χ2v) is 25.0. The van der Waals surface area contributed by atoms with Gasteiger partial charge in [0, 0.05) is 0 Å². The number of phosphoric acid groups is 10. The van der Waals surface area contributed by atoms with Crippen molar-refractivity contribution in [3.63, 3.8) is 0 Å². The Bertz CT molecular complexity index is 2020. The highest BCUT2D eigenvalue weighted by molar-refractivity contribution is 7.49. The van der Waals surface area contributed by atoms with Crippen molar-refractivity contribution in [2.45, 2.75) is 113 Å². The van der Waals surface area contributed by atoms with Crippen LogP contribution in [0.1, 0.15) is 84.5 Å². The highest BCUT2D eigenvalue weighted by atomic mass is 31.2. The number of hydrogen-bond acceptors (Lipinski definition) is 20. The highest BCUT2D eigenvalue weighted by Gasteiger charge is 2.92. The number of unbranched alkanes of at least 4 members (excludes halogenated alkanes) is 9. The van der Waals surface area contributed by atoms with E-state index in [2.05, 4.69) is 45.2 Å². The Balaban J connectivity index is 10.6. The Labute approximate surface area is 379 Å². The van der Waals surface area contributed by atoms with Crippen molar-refractivity contribution in [1.29, 1.82) is 0 Å². The lowest BCUT2D eigenvalue weighted by Gasteiger charge is -2.60. The van der Waals surface area contributed by atoms with Gasteiger partial charge >= 0.3 is 95.8 Å². The van der Waals surface area contributed by atoms with Crippen LogP contribution in [0.25, 0.3) is 0 Å². The summed E-state index contributed by atoms with van der Waals surface area (Å²) in [7, 11) is -77.9. The van der Waals surface area contributed by atoms with Gasteiger partial charge in [-0.05, 0) is 13.3 Å². The molecule has 0 aromatic carbocycles. The highest BCUT2D eigenvalue weighted by Crippen LogP contribution is 2.76. The predicted octanol–water partition coefficient (Wildman–Crippen LogP) is -0.108. The molecular formula is C18H48O40P10. The Kier molecular flexibility index (Phi) is 24.8. The van der Waals surface area contributed by atoms with Gasteiger partial charge in [-0.25, -0.2) is 86.4 Å². The van der Waals surface area contributed by atoms with Crippen LogP contribution >= 0.6 is 78.2 Å². The third kappa shape index (κ3) is 24.2. The summed E-state index contributed by atoms with van der Waals surface area (Å²) in [6.45, 7) is 1.45. The van der Waals surface area contributed by atoms with E-state index in [1.165, 1.54) is 0 Å². The Hall–Kier alpha value is 1.10. The lowest BCUT2D eigenvalue weighted by molar-refractivity contribution is -0.512. The smallest absolute Gasteiger partial charge is 0.303 e. The summed E-state index contributed by atoms with van der Waals surface area (Å²) >= 11 is 0. The second kappa shape index (κ2) is 24.4. The van der Waals surface area contributed by atoms with Gasteiger partial charge in [0.2, 0.25) is 0 Å². The molecule has 0 aromatic rings. The van der Waals surface area contributed by atoms with Gasteiger partial charge in [0.15, 0.2) is 0 Å². The van der Waals surface area contributed by atoms with Gasteiger partial charge in [-0.15, -0.1) is 0 Å². The summed E-state index contributed by atoms with van der Waals surface area (Å²) in [6, 6.07) is 0. The first-order valence-corrected chi connectivity index (χ1v) is 32.6. The Morgan fingerprint density at radius 3 is 0.721 bits per heavy atom. The molecule has 1 atom stereocenters. The monoisotopic (exact) mass is 1210 g/mol. The first-order chi connectivity index (χ1) is 29.6. The van der Waals surface area contributed by atoms with Gasteiger partial charge in [-0.1, -0.05) is 71.1 Å². The molecule has 0 aliphatic heterocycles. The van der Waals surface area contributed by atoms with Crippen molar-refractivity contribution < 1.29 is 189 Å². The lowest BCUT2D eigenvalue weighted by atomic mass is 9.79. The van der Waals surface area contributed by atoms with Crippen LogP contribution in [0.4, 0.5) is 0 Å². The molecule has 50 heteroatoms. The fourth-order valence-corrected chi connectivity index (χ4v) is 12.2. The largest absolute Gasteiger partial charge is 0.474 e. The zero-order valence-electron chi connectivity index (χ0n) is 33.9. The van der Waals surface area contributed by atoms with Crippen LogP contribution in [0, 0.1) is 0 Å². The fraction of sp³-hybridized carbons (Fsp3) is 1.00. The molecule has 68 heavy (non-hydrogen) atoms. The average molecular weight is 1210 g/mol. The molecule has 40 nitrogen and oxygen atoms in total. The third-order valence-electron chi connectivity index (χ3n) is 7.50. The number of hydrogen-bond donors (Lipinski definition) is 20. The zero-order valence-corrected chi connectivity index (χ0v) is 42.8. The first-order valence-electron chi connectivity index (χ1n) is 17.3. The average Bonchev–Trinajstić information content (AvgIpc) is 2.97. The van der Waals surface area contributed by atoms with Crippen molar-refractivity contribution in [2.24, 2.45) is 0 Å². The van der Waals surface area contributed by atoms with Crippen LogP contribution < -0.4 is 0 Å².